The highest BCUT2D eigenvalue weighted by atomic mass is 19.4. The standard InChI is InChI=1S/C16H15F6N5/c1-3-24-13(14(2)7-12(26-27-14)16(20,21)22)25-10-5-4-9(8-23)11(6-10)15(17,18)19/h4-6,27H,3,7H2,1-2H3,(H,24,25). The van der Waals surface area contributed by atoms with Gasteiger partial charge in [-0.25, -0.2) is 4.99 Å². The minimum atomic E-state index is -4.77. The van der Waals surface area contributed by atoms with Crippen molar-refractivity contribution in [2.24, 2.45) is 10.1 Å². The molecule has 1 unspecified atom stereocenters. The van der Waals surface area contributed by atoms with Crippen LogP contribution in [0.5, 0.6) is 0 Å². The van der Waals surface area contributed by atoms with Crippen molar-refractivity contribution in [3.63, 3.8) is 0 Å². The molecule has 2 N–H and O–H groups in total. The molecule has 0 bridgehead atoms. The molecule has 1 aliphatic heterocycles. The van der Waals surface area contributed by atoms with Gasteiger partial charge in [-0.3, -0.25) is 5.43 Å². The third kappa shape index (κ3) is 4.50. The van der Waals surface area contributed by atoms with Crippen molar-refractivity contribution in [1.82, 2.24) is 10.7 Å². The first-order valence-electron chi connectivity index (χ1n) is 7.76. The van der Waals surface area contributed by atoms with Crippen molar-refractivity contribution in [3.05, 3.63) is 29.3 Å². The van der Waals surface area contributed by atoms with E-state index in [1.165, 1.54) is 19.1 Å². The fraction of sp³-hybridized carbons (Fsp3) is 0.438. The van der Waals surface area contributed by atoms with Gasteiger partial charge in [-0.2, -0.15) is 36.7 Å². The van der Waals surface area contributed by atoms with Crippen LogP contribution in [0, 0.1) is 11.3 Å². The lowest BCUT2D eigenvalue weighted by Gasteiger charge is -2.26. The number of rotatable bonds is 3. The number of benzene rings is 1. The molecule has 0 radical (unpaired) electrons. The lowest BCUT2D eigenvalue weighted by molar-refractivity contribution is -0.137. The first-order valence-corrected chi connectivity index (χ1v) is 7.76. The van der Waals surface area contributed by atoms with Gasteiger partial charge in [0.1, 0.15) is 17.1 Å². The van der Waals surface area contributed by atoms with Crippen LogP contribution < -0.4 is 10.7 Å². The van der Waals surface area contributed by atoms with Gasteiger partial charge >= 0.3 is 12.4 Å². The Bertz CT molecular complexity index is 818. The molecule has 5 nitrogen and oxygen atoms in total. The van der Waals surface area contributed by atoms with E-state index in [0.717, 1.165) is 6.07 Å². The van der Waals surface area contributed by atoms with Crippen molar-refractivity contribution in [1.29, 1.82) is 5.26 Å². The van der Waals surface area contributed by atoms with E-state index in [1.807, 2.05) is 0 Å². The van der Waals surface area contributed by atoms with Crippen LogP contribution in [0.3, 0.4) is 0 Å². The van der Waals surface area contributed by atoms with Crippen LogP contribution in [0.4, 0.5) is 32.0 Å². The molecule has 2 rings (SSSR count). The summed E-state index contributed by atoms with van der Waals surface area (Å²) in [5, 5.41) is 14.9. The van der Waals surface area contributed by atoms with E-state index in [-0.39, 0.29) is 18.1 Å². The van der Waals surface area contributed by atoms with Gasteiger partial charge in [0.25, 0.3) is 0 Å². The van der Waals surface area contributed by atoms with Gasteiger partial charge < -0.3 is 5.32 Å². The molecule has 1 aromatic rings. The maximum Gasteiger partial charge on any atom is 0.431 e. The third-order valence-electron chi connectivity index (χ3n) is 3.82. The van der Waals surface area contributed by atoms with E-state index in [1.54, 1.807) is 6.92 Å². The average Bonchev–Trinajstić information content (AvgIpc) is 2.97. The Balaban J connectivity index is 2.44. The van der Waals surface area contributed by atoms with Crippen molar-refractivity contribution in [2.75, 3.05) is 6.54 Å². The van der Waals surface area contributed by atoms with Crippen molar-refractivity contribution >= 4 is 17.2 Å². The molecule has 0 aliphatic carbocycles. The highest BCUT2D eigenvalue weighted by Gasteiger charge is 2.47. The number of hydrogen-bond acceptors (Lipinski definition) is 4. The predicted octanol–water partition coefficient (Wildman–Crippen LogP) is 3.89. The van der Waals surface area contributed by atoms with Gasteiger partial charge in [0, 0.05) is 13.0 Å². The minimum absolute atomic E-state index is 0.00540. The van der Waals surface area contributed by atoms with E-state index in [2.05, 4.69) is 20.8 Å². The maximum atomic E-state index is 13.1. The Hall–Kier alpha value is -2.77. The number of halogens is 6. The highest BCUT2D eigenvalue weighted by molar-refractivity contribution is 6.02. The molecule has 0 spiro atoms. The molecule has 27 heavy (non-hydrogen) atoms. The molecular weight excluding hydrogens is 376 g/mol. The summed E-state index contributed by atoms with van der Waals surface area (Å²) in [7, 11) is 0. The monoisotopic (exact) mass is 391 g/mol. The minimum Gasteiger partial charge on any atom is -0.372 e. The molecular formula is C16H15F6N5. The molecule has 146 valence electrons. The number of nitrogens with one attached hydrogen (secondary N) is 2. The first kappa shape index (κ1) is 20.5. The topological polar surface area (TPSA) is 72.6 Å². The summed E-state index contributed by atoms with van der Waals surface area (Å²) < 4.78 is 77.8. The fourth-order valence-electron chi connectivity index (χ4n) is 2.49. The van der Waals surface area contributed by atoms with Crippen LogP contribution in [-0.2, 0) is 6.18 Å². The first-order chi connectivity index (χ1) is 12.4. The van der Waals surface area contributed by atoms with E-state index >= 15 is 0 Å². The maximum absolute atomic E-state index is 13.1. The summed E-state index contributed by atoms with van der Waals surface area (Å²) in [6.07, 6.45) is -9.93. The van der Waals surface area contributed by atoms with Crippen LogP contribution in [-0.4, -0.2) is 29.8 Å². The third-order valence-corrected chi connectivity index (χ3v) is 3.82. The SMILES string of the molecule is CCN/C(=N\c1ccc(C#N)c(C(F)(F)F)c1)C1(C)CC(C(F)(F)F)=NN1. The zero-order valence-electron chi connectivity index (χ0n) is 14.3. The van der Waals surface area contributed by atoms with Crippen LogP contribution >= 0.6 is 0 Å². The summed E-state index contributed by atoms with van der Waals surface area (Å²) >= 11 is 0. The summed E-state index contributed by atoms with van der Waals surface area (Å²) in [5.41, 5.74) is -1.93. The quantitative estimate of drug-likeness (QED) is 0.467. The Kier molecular flexibility index (Phi) is 5.40. The second-order valence-corrected chi connectivity index (χ2v) is 6.01. The van der Waals surface area contributed by atoms with Gasteiger partial charge in [-0.15, -0.1) is 0 Å². The van der Waals surface area contributed by atoms with E-state index in [9.17, 15) is 26.3 Å². The zero-order valence-corrected chi connectivity index (χ0v) is 14.3. The molecule has 0 fully saturated rings. The Morgan fingerprint density at radius 2 is 1.96 bits per heavy atom. The van der Waals surface area contributed by atoms with E-state index in [0.29, 0.717) is 6.07 Å². The average molecular weight is 391 g/mol. The van der Waals surface area contributed by atoms with E-state index < -0.39 is 41.2 Å². The number of hydrazone groups is 1. The number of nitrogens with zero attached hydrogens (tertiary/aromatic N) is 3. The van der Waals surface area contributed by atoms with Gasteiger partial charge in [0.15, 0.2) is 0 Å². The molecule has 0 amide bonds. The van der Waals surface area contributed by atoms with Crippen LogP contribution in [0.1, 0.15) is 31.4 Å². The zero-order chi connectivity index (χ0) is 20.5. The fourth-order valence-corrected chi connectivity index (χ4v) is 2.49. The number of amidine groups is 1. The van der Waals surface area contributed by atoms with Gasteiger partial charge in [-0.05, 0) is 32.0 Å². The molecule has 1 atom stereocenters. The van der Waals surface area contributed by atoms with Gasteiger partial charge in [0.05, 0.1) is 22.9 Å². The lowest BCUT2D eigenvalue weighted by Crippen LogP contribution is -2.51. The number of alkyl halides is 6. The largest absolute Gasteiger partial charge is 0.431 e. The molecule has 0 saturated heterocycles. The van der Waals surface area contributed by atoms with Crippen molar-refractivity contribution in [3.8, 4) is 6.07 Å². The molecule has 11 heteroatoms. The molecule has 1 heterocycles. The second kappa shape index (κ2) is 7.09. The number of aliphatic imine (C=N–C) groups is 1. The normalized spacial score (nSPS) is 20.7. The molecule has 1 aliphatic rings. The summed E-state index contributed by atoms with van der Waals surface area (Å²) in [5.74, 6) is 0.00540. The number of likely N-dealkylation sites (N-methyl/N-ethyl adjacent to an activating group) is 1. The van der Waals surface area contributed by atoms with E-state index in [4.69, 9.17) is 5.26 Å². The predicted molar refractivity (Wildman–Crippen MR) is 86.6 cm³/mol. The summed E-state index contributed by atoms with van der Waals surface area (Å²) in [6.45, 7) is 3.35. The smallest absolute Gasteiger partial charge is 0.372 e. The summed E-state index contributed by atoms with van der Waals surface area (Å²) in [4.78, 5) is 4.06. The molecule has 0 aromatic heterocycles. The Morgan fingerprint density at radius 3 is 2.44 bits per heavy atom. The second-order valence-electron chi connectivity index (χ2n) is 6.01. The van der Waals surface area contributed by atoms with Crippen molar-refractivity contribution in [2.45, 2.75) is 38.2 Å². The number of nitriles is 1. The lowest BCUT2D eigenvalue weighted by atomic mass is 9.94. The van der Waals surface area contributed by atoms with Crippen LogP contribution in [0.15, 0.2) is 28.3 Å². The van der Waals surface area contributed by atoms with Gasteiger partial charge in [0.2, 0.25) is 0 Å². The van der Waals surface area contributed by atoms with Crippen molar-refractivity contribution < 1.29 is 26.3 Å². The Morgan fingerprint density at radius 1 is 1.30 bits per heavy atom. The van der Waals surface area contributed by atoms with Crippen LogP contribution in [0.25, 0.3) is 0 Å². The number of hydrogen-bond donors (Lipinski definition) is 2. The molecule has 1 aromatic carbocycles. The van der Waals surface area contributed by atoms with Gasteiger partial charge in [-0.1, -0.05) is 0 Å². The Labute approximate surface area is 150 Å². The summed E-state index contributed by atoms with van der Waals surface area (Å²) in [6, 6.07) is 4.29. The molecule has 0 saturated carbocycles. The highest BCUT2D eigenvalue weighted by Crippen LogP contribution is 2.35. The van der Waals surface area contributed by atoms with Crippen LogP contribution in [0.2, 0.25) is 0 Å².